The van der Waals surface area contributed by atoms with Crippen molar-refractivity contribution in [2.45, 2.75) is 76.4 Å². The Morgan fingerprint density at radius 1 is 1.26 bits per heavy atom. The highest BCUT2D eigenvalue weighted by molar-refractivity contribution is 5.67. The van der Waals surface area contributed by atoms with Gasteiger partial charge in [-0.05, 0) is 26.7 Å². The van der Waals surface area contributed by atoms with E-state index in [1.165, 1.54) is 38.5 Å². The van der Waals surface area contributed by atoms with Crippen LogP contribution in [0.15, 0.2) is 0 Å². The smallest absolute Gasteiger partial charge is 0.304 e. The molecule has 2 aliphatic rings. The third-order valence-corrected chi connectivity index (χ3v) is 4.66. The van der Waals surface area contributed by atoms with Crippen LogP contribution in [0, 0.1) is 0 Å². The highest BCUT2D eigenvalue weighted by atomic mass is 16.4. The van der Waals surface area contributed by atoms with E-state index >= 15 is 0 Å². The molecule has 0 aromatic heterocycles. The van der Waals surface area contributed by atoms with Gasteiger partial charge < -0.3 is 10.4 Å². The minimum absolute atomic E-state index is 0.0629. The molecule has 1 saturated carbocycles. The lowest BCUT2D eigenvalue weighted by Crippen LogP contribution is -2.66. The number of nitrogens with zero attached hydrogens (tertiary/aromatic N) is 1. The van der Waals surface area contributed by atoms with Gasteiger partial charge in [0.05, 0.1) is 6.42 Å². The highest BCUT2D eigenvalue weighted by Gasteiger charge is 2.41. The quantitative estimate of drug-likeness (QED) is 0.771. The molecule has 1 saturated heterocycles. The summed E-state index contributed by atoms with van der Waals surface area (Å²) >= 11 is 0. The Morgan fingerprint density at radius 2 is 1.89 bits per heavy atom. The number of carboxylic acid groups (broad SMARTS) is 1. The molecule has 110 valence electrons. The number of nitrogens with one attached hydrogen (secondary N) is 1. The molecule has 0 aromatic rings. The lowest BCUT2D eigenvalue weighted by molar-refractivity contribution is -0.140. The van der Waals surface area contributed by atoms with E-state index in [-0.39, 0.29) is 18.0 Å². The number of piperazine rings is 1. The van der Waals surface area contributed by atoms with Gasteiger partial charge in [0, 0.05) is 30.7 Å². The first-order chi connectivity index (χ1) is 9.00. The maximum absolute atomic E-state index is 11.1. The van der Waals surface area contributed by atoms with E-state index in [1.54, 1.807) is 0 Å². The molecular formula is C15H28N2O2. The molecule has 1 atom stereocenters. The molecule has 19 heavy (non-hydrogen) atoms. The fourth-order valence-corrected chi connectivity index (χ4v) is 3.93. The van der Waals surface area contributed by atoms with Gasteiger partial charge in [0.15, 0.2) is 0 Å². The van der Waals surface area contributed by atoms with Gasteiger partial charge in [0.25, 0.3) is 0 Å². The van der Waals surface area contributed by atoms with Crippen LogP contribution in [0.2, 0.25) is 0 Å². The Labute approximate surface area is 116 Å². The van der Waals surface area contributed by atoms with Crippen LogP contribution in [0.4, 0.5) is 0 Å². The molecule has 0 radical (unpaired) electrons. The summed E-state index contributed by atoms with van der Waals surface area (Å²) in [6.45, 7) is 6.27. The number of hydrogen-bond acceptors (Lipinski definition) is 3. The van der Waals surface area contributed by atoms with Crippen molar-refractivity contribution in [2.75, 3.05) is 13.1 Å². The Balaban J connectivity index is 2.14. The van der Waals surface area contributed by atoms with Crippen molar-refractivity contribution >= 4 is 5.97 Å². The molecule has 2 fully saturated rings. The molecule has 4 nitrogen and oxygen atoms in total. The predicted octanol–water partition coefficient (Wildman–Crippen LogP) is 2.24. The van der Waals surface area contributed by atoms with Gasteiger partial charge in [-0.1, -0.05) is 25.7 Å². The van der Waals surface area contributed by atoms with Crippen LogP contribution in [-0.2, 0) is 4.79 Å². The van der Waals surface area contributed by atoms with E-state index in [1.807, 2.05) is 0 Å². The van der Waals surface area contributed by atoms with Crippen LogP contribution in [0.25, 0.3) is 0 Å². The number of carbonyl (C=O) groups is 1. The largest absolute Gasteiger partial charge is 0.481 e. The van der Waals surface area contributed by atoms with Crippen molar-refractivity contribution in [2.24, 2.45) is 0 Å². The van der Waals surface area contributed by atoms with Crippen molar-refractivity contribution < 1.29 is 9.90 Å². The van der Waals surface area contributed by atoms with Crippen molar-refractivity contribution in [1.29, 1.82) is 0 Å². The maximum Gasteiger partial charge on any atom is 0.304 e. The second-order valence-corrected chi connectivity index (χ2v) is 6.75. The molecule has 0 bridgehead atoms. The minimum Gasteiger partial charge on any atom is -0.481 e. The zero-order valence-electron chi connectivity index (χ0n) is 12.3. The normalized spacial score (nSPS) is 29.9. The SMILES string of the molecule is CC1(C)CNCC(CC(=O)O)N1C1CCCCCC1. The Hall–Kier alpha value is -0.610. The van der Waals surface area contributed by atoms with Crippen molar-refractivity contribution in [1.82, 2.24) is 10.2 Å². The van der Waals surface area contributed by atoms with E-state index in [0.717, 1.165) is 13.1 Å². The lowest BCUT2D eigenvalue weighted by atomic mass is 9.90. The molecule has 0 aromatic carbocycles. The molecule has 1 aliphatic heterocycles. The predicted molar refractivity (Wildman–Crippen MR) is 76.3 cm³/mol. The summed E-state index contributed by atoms with van der Waals surface area (Å²) in [5.41, 5.74) is 0.0629. The van der Waals surface area contributed by atoms with Crippen LogP contribution in [-0.4, -0.2) is 46.7 Å². The van der Waals surface area contributed by atoms with E-state index in [4.69, 9.17) is 5.11 Å². The molecule has 1 aliphatic carbocycles. The summed E-state index contributed by atoms with van der Waals surface area (Å²) < 4.78 is 0. The second kappa shape index (κ2) is 6.23. The average molecular weight is 268 g/mol. The maximum atomic E-state index is 11.1. The molecule has 1 heterocycles. The van der Waals surface area contributed by atoms with Gasteiger partial charge in [0.2, 0.25) is 0 Å². The summed E-state index contributed by atoms with van der Waals surface area (Å²) in [5, 5.41) is 12.6. The standard InChI is InChI=1S/C15H28N2O2/c1-15(2)11-16-10-13(9-14(18)19)17(15)12-7-5-3-4-6-8-12/h12-13,16H,3-11H2,1-2H3,(H,18,19). The molecule has 0 amide bonds. The number of carboxylic acids is 1. The van der Waals surface area contributed by atoms with Gasteiger partial charge in [-0.25, -0.2) is 0 Å². The van der Waals surface area contributed by atoms with Gasteiger partial charge in [0.1, 0.15) is 0 Å². The molecule has 2 rings (SSSR count). The van der Waals surface area contributed by atoms with Crippen LogP contribution in [0.1, 0.15) is 58.8 Å². The summed E-state index contributed by atoms with van der Waals surface area (Å²) in [4.78, 5) is 13.7. The Morgan fingerprint density at radius 3 is 2.47 bits per heavy atom. The molecule has 0 spiro atoms. The fraction of sp³-hybridized carbons (Fsp3) is 0.933. The number of aliphatic carboxylic acids is 1. The lowest BCUT2D eigenvalue weighted by Gasteiger charge is -2.51. The summed E-state index contributed by atoms with van der Waals surface area (Å²) in [5.74, 6) is -0.678. The van der Waals surface area contributed by atoms with Crippen LogP contribution in [0.5, 0.6) is 0 Å². The van der Waals surface area contributed by atoms with E-state index in [2.05, 4.69) is 24.1 Å². The van der Waals surface area contributed by atoms with E-state index in [0.29, 0.717) is 6.04 Å². The zero-order valence-corrected chi connectivity index (χ0v) is 12.3. The van der Waals surface area contributed by atoms with Gasteiger partial charge in [-0.3, -0.25) is 9.69 Å². The summed E-state index contributed by atoms with van der Waals surface area (Å²) in [6.07, 6.45) is 8.00. The average Bonchev–Trinajstić information content (AvgIpc) is 2.55. The first-order valence-corrected chi connectivity index (χ1v) is 7.71. The van der Waals surface area contributed by atoms with Gasteiger partial charge in [-0.2, -0.15) is 0 Å². The molecule has 4 heteroatoms. The van der Waals surface area contributed by atoms with Crippen molar-refractivity contribution in [3.63, 3.8) is 0 Å². The monoisotopic (exact) mass is 268 g/mol. The molecule has 2 N–H and O–H groups in total. The molecular weight excluding hydrogens is 240 g/mol. The van der Waals surface area contributed by atoms with E-state index in [9.17, 15) is 4.79 Å². The Kier molecular flexibility index (Phi) is 4.85. The van der Waals surface area contributed by atoms with E-state index < -0.39 is 5.97 Å². The van der Waals surface area contributed by atoms with Gasteiger partial charge >= 0.3 is 5.97 Å². The van der Waals surface area contributed by atoms with Crippen LogP contribution < -0.4 is 5.32 Å². The van der Waals surface area contributed by atoms with Crippen molar-refractivity contribution in [3.05, 3.63) is 0 Å². The number of hydrogen-bond donors (Lipinski definition) is 2. The third kappa shape index (κ3) is 3.69. The first-order valence-electron chi connectivity index (χ1n) is 7.71. The van der Waals surface area contributed by atoms with Crippen LogP contribution in [0.3, 0.4) is 0 Å². The topological polar surface area (TPSA) is 52.6 Å². The second-order valence-electron chi connectivity index (χ2n) is 6.75. The van der Waals surface area contributed by atoms with Crippen molar-refractivity contribution in [3.8, 4) is 0 Å². The van der Waals surface area contributed by atoms with Crippen LogP contribution >= 0.6 is 0 Å². The molecule has 1 unspecified atom stereocenters. The first kappa shape index (κ1) is 14.8. The minimum atomic E-state index is -0.678. The third-order valence-electron chi connectivity index (χ3n) is 4.66. The summed E-state index contributed by atoms with van der Waals surface area (Å²) in [7, 11) is 0. The van der Waals surface area contributed by atoms with Gasteiger partial charge in [-0.15, -0.1) is 0 Å². The fourth-order valence-electron chi connectivity index (χ4n) is 3.93. The Bertz CT molecular complexity index is 309. The zero-order chi connectivity index (χ0) is 13.9. The number of rotatable bonds is 3. The highest BCUT2D eigenvalue weighted by Crippen LogP contribution is 2.32. The summed E-state index contributed by atoms with van der Waals surface area (Å²) in [6, 6.07) is 0.716.